The molecule has 7 heteroatoms. The molecular formula is C26H32N4O3. The van der Waals surface area contributed by atoms with Gasteiger partial charge in [0.15, 0.2) is 0 Å². The van der Waals surface area contributed by atoms with Gasteiger partial charge in [-0.1, -0.05) is 25.0 Å². The number of amides is 2. The second-order valence-corrected chi connectivity index (χ2v) is 9.58. The average Bonchev–Trinajstić information content (AvgIpc) is 3.48. The Kier molecular flexibility index (Phi) is 6.04. The summed E-state index contributed by atoms with van der Waals surface area (Å²) in [5.41, 5.74) is 2.79. The van der Waals surface area contributed by atoms with Crippen molar-refractivity contribution < 1.29 is 14.3 Å². The Morgan fingerprint density at radius 1 is 1.15 bits per heavy atom. The van der Waals surface area contributed by atoms with Crippen LogP contribution in [0.15, 0.2) is 24.3 Å². The van der Waals surface area contributed by atoms with Crippen LogP contribution < -0.4 is 9.64 Å². The van der Waals surface area contributed by atoms with Crippen molar-refractivity contribution >= 4 is 17.6 Å². The molecule has 3 aliphatic rings. The van der Waals surface area contributed by atoms with E-state index in [0.29, 0.717) is 25.4 Å². The molecule has 1 aromatic carbocycles. The largest absolute Gasteiger partial charge is 0.497 e. The molecule has 3 heterocycles. The van der Waals surface area contributed by atoms with Gasteiger partial charge in [-0.25, -0.2) is 9.97 Å². The summed E-state index contributed by atoms with van der Waals surface area (Å²) in [6.07, 6.45) is 6.65. The number of aromatic nitrogens is 2. The zero-order valence-corrected chi connectivity index (χ0v) is 19.5. The van der Waals surface area contributed by atoms with Gasteiger partial charge in [0.25, 0.3) is 0 Å². The highest BCUT2D eigenvalue weighted by molar-refractivity contribution is 6.00. The smallest absolute Gasteiger partial charge is 0.233 e. The number of nitrogens with zero attached hydrogens (tertiary/aromatic N) is 4. The molecule has 2 amide bonds. The van der Waals surface area contributed by atoms with Gasteiger partial charge in [0.1, 0.15) is 17.4 Å². The molecule has 0 N–H and O–H groups in total. The fourth-order valence-electron chi connectivity index (χ4n) is 5.52. The SMILES string of the molecule is COc1cccc(CN2C(=O)Cc3c(C)nc([C@@H]4CCCN(C(=O)C5CCCC5)C4)nc32)c1. The van der Waals surface area contributed by atoms with Crippen molar-refractivity contribution in [2.45, 2.75) is 64.3 Å². The number of fused-ring (bicyclic) bond motifs is 1. The van der Waals surface area contributed by atoms with Gasteiger partial charge in [-0.15, -0.1) is 0 Å². The van der Waals surface area contributed by atoms with Crippen LogP contribution in [0.25, 0.3) is 0 Å². The van der Waals surface area contributed by atoms with Crippen LogP contribution in [0.4, 0.5) is 5.82 Å². The predicted octanol–water partition coefficient (Wildman–Crippen LogP) is 3.78. The second-order valence-electron chi connectivity index (χ2n) is 9.58. The first-order valence-electron chi connectivity index (χ1n) is 12.1. The van der Waals surface area contributed by atoms with Crippen molar-refractivity contribution in [2.75, 3.05) is 25.1 Å². The highest BCUT2D eigenvalue weighted by Crippen LogP contribution is 2.35. The molecule has 0 spiro atoms. The van der Waals surface area contributed by atoms with Crippen molar-refractivity contribution in [3.05, 3.63) is 46.9 Å². The predicted molar refractivity (Wildman–Crippen MR) is 125 cm³/mol. The van der Waals surface area contributed by atoms with Crippen LogP contribution in [0, 0.1) is 12.8 Å². The van der Waals surface area contributed by atoms with E-state index in [0.717, 1.165) is 79.3 Å². The first kappa shape index (κ1) is 21.9. The summed E-state index contributed by atoms with van der Waals surface area (Å²) in [7, 11) is 1.64. The van der Waals surface area contributed by atoms with E-state index in [-0.39, 0.29) is 17.7 Å². The highest BCUT2D eigenvalue weighted by atomic mass is 16.5. The molecule has 2 aromatic rings. The molecule has 1 saturated carbocycles. The van der Waals surface area contributed by atoms with Crippen LogP contribution in [-0.2, 0) is 22.6 Å². The van der Waals surface area contributed by atoms with Crippen molar-refractivity contribution in [1.29, 1.82) is 0 Å². The Balaban J connectivity index is 1.38. The number of aryl methyl sites for hydroxylation is 1. The van der Waals surface area contributed by atoms with E-state index in [1.54, 1.807) is 12.0 Å². The fourth-order valence-corrected chi connectivity index (χ4v) is 5.52. The number of rotatable bonds is 5. The molecule has 174 valence electrons. The van der Waals surface area contributed by atoms with Crippen LogP contribution in [0.1, 0.15) is 67.1 Å². The minimum absolute atomic E-state index is 0.0454. The first-order valence-corrected chi connectivity index (χ1v) is 12.1. The summed E-state index contributed by atoms with van der Waals surface area (Å²) in [5.74, 6) is 2.93. The van der Waals surface area contributed by atoms with Gasteiger partial charge in [0, 0.05) is 36.2 Å². The molecule has 2 aliphatic heterocycles. The zero-order valence-electron chi connectivity index (χ0n) is 19.5. The third-order valence-corrected chi connectivity index (χ3v) is 7.37. The summed E-state index contributed by atoms with van der Waals surface area (Å²) in [5, 5.41) is 0. The Labute approximate surface area is 195 Å². The number of methoxy groups -OCH3 is 1. The van der Waals surface area contributed by atoms with Crippen LogP contribution in [0.2, 0.25) is 0 Å². The van der Waals surface area contributed by atoms with Crippen molar-refractivity contribution in [3.8, 4) is 5.75 Å². The molecule has 1 aliphatic carbocycles. The van der Waals surface area contributed by atoms with Crippen LogP contribution in [-0.4, -0.2) is 46.9 Å². The summed E-state index contributed by atoms with van der Waals surface area (Å²) in [4.78, 5) is 39.4. The number of carbonyl (C=O) groups is 2. The maximum atomic E-state index is 13.0. The molecule has 2 fully saturated rings. The molecule has 5 rings (SSSR count). The van der Waals surface area contributed by atoms with Gasteiger partial charge in [0.2, 0.25) is 11.8 Å². The van der Waals surface area contributed by atoms with Gasteiger partial charge in [0.05, 0.1) is 20.1 Å². The minimum Gasteiger partial charge on any atom is -0.497 e. The van der Waals surface area contributed by atoms with E-state index in [9.17, 15) is 9.59 Å². The molecule has 7 nitrogen and oxygen atoms in total. The molecule has 0 radical (unpaired) electrons. The van der Waals surface area contributed by atoms with Crippen molar-refractivity contribution in [3.63, 3.8) is 0 Å². The average molecular weight is 449 g/mol. The molecule has 1 aromatic heterocycles. The van der Waals surface area contributed by atoms with Crippen molar-refractivity contribution in [1.82, 2.24) is 14.9 Å². The lowest BCUT2D eigenvalue weighted by Gasteiger charge is -2.34. The zero-order chi connectivity index (χ0) is 22.9. The number of piperidine rings is 1. The van der Waals surface area contributed by atoms with E-state index in [4.69, 9.17) is 14.7 Å². The van der Waals surface area contributed by atoms with Gasteiger partial charge in [-0.2, -0.15) is 0 Å². The Hall–Kier alpha value is -2.96. The van der Waals surface area contributed by atoms with Gasteiger partial charge in [-0.05, 0) is 50.3 Å². The monoisotopic (exact) mass is 448 g/mol. The lowest BCUT2D eigenvalue weighted by Crippen LogP contribution is -2.42. The molecule has 0 unspecified atom stereocenters. The van der Waals surface area contributed by atoms with E-state index in [1.807, 2.05) is 36.1 Å². The number of ether oxygens (including phenoxy) is 1. The Morgan fingerprint density at radius 3 is 2.76 bits per heavy atom. The second kappa shape index (κ2) is 9.12. The standard InChI is InChI=1S/C26H32N4O3/c1-17-22-14-23(31)30(15-18-7-5-11-21(13-18)33-2)25(22)28-24(27-17)20-10-6-12-29(16-20)26(32)19-8-3-4-9-19/h5,7,11,13,19-20H,3-4,6,8-10,12,14-16H2,1-2H3/t20-/m1/s1. The number of benzene rings is 1. The molecule has 0 bridgehead atoms. The number of likely N-dealkylation sites (tertiary alicyclic amines) is 1. The van der Waals surface area contributed by atoms with Crippen LogP contribution >= 0.6 is 0 Å². The molecule has 1 saturated heterocycles. The quantitative estimate of drug-likeness (QED) is 0.696. The number of hydrogen-bond donors (Lipinski definition) is 0. The van der Waals surface area contributed by atoms with Gasteiger partial charge >= 0.3 is 0 Å². The molecular weight excluding hydrogens is 416 g/mol. The summed E-state index contributed by atoms with van der Waals surface area (Å²) in [6, 6.07) is 7.78. The topological polar surface area (TPSA) is 75.6 Å². The lowest BCUT2D eigenvalue weighted by atomic mass is 9.95. The summed E-state index contributed by atoms with van der Waals surface area (Å²) >= 11 is 0. The Bertz CT molecular complexity index is 1060. The first-order chi connectivity index (χ1) is 16.0. The fraction of sp³-hybridized carbons (Fsp3) is 0.538. The maximum absolute atomic E-state index is 13.0. The molecule has 1 atom stereocenters. The van der Waals surface area contributed by atoms with E-state index >= 15 is 0 Å². The minimum atomic E-state index is 0.0454. The van der Waals surface area contributed by atoms with E-state index in [2.05, 4.69) is 0 Å². The summed E-state index contributed by atoms with van der Waals surface area (Å²) in [6.45, 7) is 3.93. The van der Waals surface area contributed by atoms with E-state index in [1.165, 1.54) is 0 Å². The number of carbonyl (C=O) groups excluding carboxylic acids is 2. The third kappa shape index (κ3) is 4.33. The number of hydrogen-bond acceptors (Lipinski definition) is 5. The van der Waals surface area contributed by atoms with Crippen LogP contribution in [0.3, 0.4) is 0 Å². The number of anilines is 1. The van der Waals surface area contributed by atoms with Gasteiger partial charge in [-0.3, -0.25) is 14.5 Å². The summed E-state index contributed by atoms with van der Waals surface area (Å²) < 4.78 is 5.34. The van der Waals surface area contributed by atoms with Crippen LogP contribution in [0.5, 0.6) is 5.75 Å². The highest BCUT2D eigenvalue weighted by Gasteiger charge is 2.35. The third-order valence-electron chi connectivity index (χ3n) is 7.37. The molecule has 33 heavy (non-hydrogen) atoms. The normalized spacial score (nSPS) is 20.9. The lowest BCUT2D eigenvalue weighted by molar-refractivity contribution is -0.136. The van der Waals surface area contributed by atoms with Gasteiger partial charge < -0.3 is 9.64 Å². The Morgan fingerprint density at radius 2 is 1.97 bits per heavy atom. The van der Waals surface area contributed by atoms with Crippen molar-refractivity contribution in [2.24, 2.45) is 5.92 Å². The maximum Gasteiger partial charge on any atom is 0.233 e. The van der Waals surface area contributed by atoms with E-state index < -0.39 is 0 Å².